The van der Waals surface area contributed by atoms with Crippen LogP contribution in [0.5, 0.6) is 0 Å². The van der Waals surface area contributed by atoms with Gasteiger partial charge in [0, 0.05) is 11.0 Å². The highest BCUT2D eigenvalue weighted by atomic mass is 79.9. The molecule has 150 valence electrons. The normalized spacial score (nSPS) is 10.9. The second-order valence-electron chi connectivity index (χ2n) is 6.35. The zero-order valence-electron chi connectivity index (χ0n) is 15.3. The molecule has 0 N–H and O–H groups in total. The van der Waals surface area contributed by atoms with Gasteiger partial charge >= 0.3 is 0 Å². The third-order valence-electron chi connectivity index (χ3n) is 3.96. The fraction of sp³-hybridized carbons (Fsp3) is 0.263. The number of hydrogen-bond acceptors (Lipinski definition) is 4. The fourth-order valence-electron chi connectivity index (χ4n) is 2.64. The van der Waals surface area contributed by atoms with E-state index in [0.29, 0.717) is 11.7 Å². The molecule has 1 aromatic heterocycles. The molecule has 0 atom stereocenters. The third kappa shape index (κ3) is 5.42. The minimum atomic E-state index is -0.472. The average molecular weight is 507 g/mol. The summed E-state index contributed by atoms with van der Waals surface area (Å²) in [5.74, 6) is -0.752. The van der Waals surface area contributed by atoms with Crippen molar-refractivity contribution >= 4 is 72.5 Å². The maximum Gasteiger partial charge on any atom is 0.261 e. The Morgan fingerprint density at radius 1 is 1.21 bits per heavy atom. The lowest BCUT2D eigenvalue weighted by atomic mass is 10.2. The molecule has 0 fully saturated rings. The highest BCUT2D eigenvalue weighted by Crippen LogP contribution is 2.32. The van der Waals surface area contributed by atoms with Gasteiger partial charge in [-0.2, -0.15) is 0 Å². The van der Waals surface area contributed by atoms with Crippen LogP contribution in [0, 0.1) is 5.82 Å². The van der Waals surface area contributed by atoms with Gasteiger partial charge in [0.05, 0.1) is 20.8 Å². The zero-order chi connectivity index (χ0) is 19.6. The minimum Gasteiger partial charge on any atom is -0.309 e. The Kier molecular flexibility index (Phi) is 8.21. The smallest absolute Gasteiger partial charge is 0.261 e. The van der Waals surface area contributed by atoms with E-state index in [1.165, 1.54) is 23.5 Å². The van der Waals surface area contributed by atoms with E-state index in [2.05, 4.69) is 25.8 Å². The number of carbonyl (C=O) groups is 1. The zero-order valence-corrected chi connectivity index (χ0v) is 19.3. The summed E-state index contributed by atoms with van der Waals surface area (Å²) in [7, 11) is 3.97. The summed E-state index contributed by atoms with van der Waals surface area (Å²) in [4.78, 5) is 21.5. The molecule has 0 saturated carbocycles. The highest BCUT2D eigenvalue weighted by molar-refractivity contribution is 9.10. The Hall–Kier alpha value is -1.25. The summed E-state index contributed by atoms with van der Waals surface area (Å²) < 4.78 is 15.3. The van der Waals surface area contributed by atoms with Crippen LogP contribution in [0.4, 0.5) is 9.52 Å². The Labute approximate surface area is 186 Å². The standard InChI is InChI=1S/C19H18BrClFN3OS.ClH/c1-24(2)8-3-9-25(18(26)14-6-5-13(22)11-15(14)21)19-23-16-7-4-12(20)10-17(16)27-19;/h4-7,10-11H,3,8-9H2,1-2H3;1H. The largest absolute Gasteiger partial charge is 0.309 e. The number of benzene rings is 2. The van der Waals surface area contributed by atoms with Crippen LogP contribution in [0.15, 0.2) is 40.9 Å². The lowest BCUT2D eigenvalue weighted by Crippen LogP contribution is -2.33. The van der Waals surface area contributed by atoms with Crippen LogP contribution >= 0.6 is 51.3 Å². The summed E-state index contributed by atoms with van der Waals surface area (Å²) in [6.07, 6.45) is 0.775. The number of hydrogen-bond donors (Lipinski definition) is 0. The second-order valence-corrected chi connectivity index (χ2v) is 8.68. The number of carbonyl (C=O) groups excluding carboxylic acids is 1. The van der Waals surface area contributed by atoms with Crippen molar-refractivity contribution in [3.8, 4) is 0 Å². The molecule has 9 heteroatoms. The van der Waals surface area contributed by atoms with Crippen molar-refractivity contribution in [2.75, 3.05) is 32.1 Å². The SMILES string of the molecule is CN(C)CCCN(C(=O)c1ccc(F)cc1Cl)c1nc2ccc(Br)cc2s1.Cl. The molecular formula is C19H19BrCl2FN3OS. The molecule has 0 unspecified atom stereocenters. The van der Waals surface area contributed by atoms with Crippen LogP contribution in [-0.4, -0.2) is 43.0 Å². The van der Waals surface area contributed by atoms with Gasteiger partial charge in [0.25, 0.3) is 5.91 Å². The van der Waals surface area contributed by atoms with Crippen molar-refractivity contribution in [2.45, 2.75) is 6.42 Å². The van der Waals surface area contributed by atoms with Gasteiger partial charge in [-0.3, -0.25) is 9.69 Å². The Morgan fingerprint density at radius 2 is 1.96 bits per heavy atom. The van der Waals surface area contributed by atoms with Crippen molar-refractivity contribution < 1.29 is 9.18 Å². The van der Waals surface area contributed by atoms with Crippen molar-refractivity contribution in [1.82, 2.24) is 9.88 Å². The molecule has 0 bridgehead atoms. The van der Waals surface area contributed by atoms with Crippen LogP contribution in [0.1, 0.15) is 16.8 Å². The lowest BCUT2D eigenvalue weighted by molar-refractivity contribution is 0.0986. The highest BCUT2D eigenvalue weighted by Gasteiger charge is 2.23. The summed E-state index contributed by atoms with van der Waals surface area (Å²) in [5.41, 5.74) is 1.09. The summed E-state index contributed by atoms with van der Waals surface area (Å²) >= 11 is 11.0. The van der Waals surface area contributed by atoms with E-state index < -0.39 is 5.82 Å². The Bertz CT molecular complexity index is 983. The number of thiazole rings is 1. The number of halogens is 4. The predicted molar refractivity (Wildman–Crippen MR) is 121 cm³/mol. The Balaban J connectivity index is 0.00000280. The summed E-state index contributed by atoms with van der Waals surface area (Å²) in [5, 5.41) is 0.703. The minimum absolute atomic E-state index is 0. The monoisotopic (exact) mass is 505 g/mol. The van der Waals surface area contributed by atoms with E-state index >= 15 is 0 Å². The van der Waals surface area contributed by atoms with E-state index in [1.807, 2.05) is 32.3 Å². The van der Waals surface area contributed by atoms with Gasteiger partial charge in [-0.15, -0.1) is 12.4 Å². The number of aromatic nitrogens is 1. The first-order valence-electron chi connectivity index (χ1n) is 8.33. The van der Waals surface area contributed by atoms with Crippen LogP contribution in [0.3, 0.4) is 0 Å². The van der Waals surface area contributed by atoms with Crippen molar-refractivity contribution in [3.05, 3.63) is 57.3 Å². The Morgan fingerprint density at radius 3 is 2.64 bits per heavy atom. The van der Waals surface area contributed by atoms with Crippen LogP contribution in [-0.2, 0) is 0 Å². The summed E-state index contributed by atoms with van der Waals surface area (Å²) in [6.45, 7) is 1.32. The molecule has 0 aliphatic carbocycles. The first kappa shape index (κ1) is 23.0. The van der Waals surface area contributed by atoms with Crippen LogP contribution in [0.2, 0.25) is 5.02 Å². The van der Waals surface area contributed by atoms with Gasteiger partial charge in [-0.25, -0.2) is 9.37 Å². The van der Waals surface area contributed by atoms with Crippen LogP contribution < -0.4 is 4.90 Å². The quantitative estimate of drug-likeness (QED) is 0.419. The number of amides is 1. The van der Waals surface area contributed by atoms with Gasteiger partial charge in [0.15, 0.2) is 5.13 Å². The van der Waals surface area contributed by atoms with E-state index in [9.17, 15) is 9.18 Å². The van der Waals surface area contributed by atoms with Gasteiger partial charge < -0.3 is 4.90 Å². The van der Waals surface area contributed by atoms with Gasteiger partial charge in [-0.05, 0) is 63.5 Å². The number of anilines is 1. The van der Waals surface area contributed by atoms with Crippen LogP contribution in [0.25, 0.3) is 10.2 Å². The molecule has 0 aliphatic heterocycles. The first-order chi connectivity index (χ1) is 12.8. The van der Waals surface area contributed by atoms with Gasteiger partial charge in [-0.1, -0.05) is 38.9 Å². The number of fused-ring (bicyclic) bond motifs is 1. The molecule has 2 aromatic carbocycles. The van der Waals surface area contributed by atoms with E-state index in [0.717, 1.165) is 33.7 Å². The average Bonchev–Trinajstić information content (AvgIpc) is 3.00. The molecule has 28 heavy (non-hydrogen) atoms. The van der Waals surface area contributed by atoms with Crippen molar-refractivity contribution in [3.63, 3.8) is 0 Å². The molecule has 0 spiro atoms. The maximum absolute atomic E-state index is 13.4. The second kappa shape index (κ2) is 9.98. The molecule has 0 saturated heterocycles. The fourth-order valence-corrected chi connectivity index (χ4v) is 4.43. The van der Waals surface area contributed by atoms with E-state index in [4.69, 9.17) is 11.6 Å². The number of rotatable bonds is 6. The van der Waals surface area contributed by atoms with E-state index in [1.54, 1.807) is 4.90 Å². The molecule has 0 radical (unpaired) electrons. The summed E-state index contributed by atoms with van der Waals surface area (Å²) in [6, 6.07) is 9.62. The molecular weight excluding hydrogens is 488 g/mol. The molecule has 1 amide bonds. The molecule has 1 heterocycles. The first-order valence-corrected chi connectivity index (χ1v) is 10.3. The number of nitrogens with zero attached hydrogens (tertiary/aromatic N) is 3. The van der Waals surface area contributed by atoms with E-state index in [-0.39, 0.29) is 28.9 Å². The molecule has 3 rings (SSSR count). The topological polar surface area (TPSA) is 36.4 Å². The maximum atomic E-state index is 13.4. The third-order valence-corrected chi connectivity index (χ3v) is 5.81. The van der Waals surface area contributed by atoms with Gasteiger partial charge in [0.1, 0.15) is 5.82 Å². The van der Waals surface area contributed by atoms with Gasteiger partial charge in [0.2, 0.25) is 0 Å². The molecule has 0 aliphatic rings. The van der Waals surface area contributed by atoms with Crippen molar-refractivity contribution in [2.24, 2.45) is 0 Å². The molecule has 4 nitrogen and oxygen atoms in total. The predicted octanol–water partition coefficient (Wildman–Crippen LogP) is 5.87. The lowest BCUT2D eigenvalue weighted by Gasteiger charge is -2.21. The van der Waals surface area contributed by atoms with Crippen molar-refractivity contribution in [1.29, 1.82) is 0 Å². The molecule has 3 aromatic rings.